The van der Waals surface area contributed by atoms with Crippen molar-refractivity contribution in [2.45, 2.75) is 37.8 Å². The lowest BCUT2D eigenvalue weighted by Crippen LogP contribution is -2.46. The van der Waals surface area contributed by atoms with Crippen LogP contribution in [0.1, 0.15) is 24.8 Å². The van der Waals surface area contributed by atoms with Gasteiger partial charge >= 0.3 is 0 Å². The minimum Gasteiger partial charge on any atom is -0.497 e. The van der Waals surface area contributed by atoms with Crippen LogP contribution in [0.3, 0.4) is 0 Å². The first kappa shape index (κ1) is 21.6. The van der Waals surface area contributed by atoms with Crippen LogP contribution >= 0.6 is 0 Å². The molecule has 2 amide bonds. The molecule has 0 aromatic heterocycles. The number of nitrogens with two attached hydrogens (primary N) is 1. The molecule has 1 fully saturated rings. The molecule has 0 bridgehead atoms. The zero-order valence-corrected chi connectivity index (χ0v) is 17.2. The Morgan fingerprint density at radius 2 is 1.83 bits per heavy atom. The largest absolute Gasteiger partial charge is 0.497 e. The van der Waals surface area contributed by atoms with Gasteiger partial charge < -0.3 is 21.1 Å². The van der Waals surface area contributed by atoms with E-state index in [1.807, 2.05) is 18.2 Å². The molecule has 0 spiro atoms. The van der Waals surface area contributed by atoms with E-state index in [1.54, 1.807) is 37.5 Å². The number of amides is 2. The number of hydrogen-bond donors (Lipinski definition) is 3. The third-order valence-corrected chi connectivity index (χ3v) is 5.18. The molecule has 6 heteroatoms. The highest BCUT2D eigenvalue weighted by Gasteiger charge is 2.33. The van der Waals surface area contributed by atoms with Gasteiger partial charge in [0.1, 0.15) is 5.75 Å². The molecule has 0 saturated heterocycles. The number of carbonyl (C=O) groups is 2. The summed E-state index contributed by atoms with van der Waals surface area (Å²) in [4.78, 5) is 24.8. The van der Waals surface area contributed by atoms with E-state index in [9.17, 15) is 9.59 Å². The van der Waals surface area contributed by atoms with Crippen molar-refractivity contribution in [2.24, 2.45) is 11.7 Å². The van der Waals surface area contributed by atoms with E-state index in [0.717, 1.165) is 25.0 Å². The van der Waals surface area contributed by atoms with Crippen LogP contribution in [0, 0.1) is 5.92 Å². The first-order chi connectivity index (χ1) is 14.5. The van der Waals surface area contributed by atoms with Crippen molar-refractivity contribution in [2.75, 3.05) is 12.4 Å². The smallest absolute Gasteiger partial charge is 0.248 e. The first-order valence-electron chi connectivity index (χ1n) is 10.3. The monoisotopic (exact) mass is 407 g/mol. The van der Waals surface area contributed by atoms with Crippen LogP contribution in [0.15, 0.2) is 66.7 Å². The molecule has 158 valence electrons. The maximum Gasteiger partial charge on any atom is 0.248 e. The fourth-order valence-electron chi connectivity index (χ4n) is 3.19. The van der Waals surface area contributed by atoms with E-state index in [2.05, 4.69) is 22.8 Å². The highest BCUT2D eigenvalue weighted by Crippen LogP contribution is 2.31. The van der Waals surface area contributed by atoms with Crippen LogP contribution < -0.4 is 21.1 Å². The van der Waals surface area contributed by atoms with Gasteiger partial charge in [0.05, 0.1) is 13.2 Å². The Labute approximate surface area is 177 Å². The summed E-state index contributed by atoms with van der Waals surface area (Å²) >= 11 is 0. The molecular formula is C24H29N3O3. The minimum absolute atomic E-state index is 0.157. The third-order valence-electron chi connectivity index (χ3n) is 5.18. The summed E-state index contributed by atoms with van der Waals surface area (Å²) in [5, 5.41) is 5.80. The fourth-order valence-corrected chi connectivity index (χ4v) is 3.19. The summed E-state index contributed by atoms with van der Waals surface area (Å²) in [6.07, 6.45) is 6.67. The SMILES string of the molecule is COc1ccc(NC(=O)/C=C/[C@H](CCc2ccccc2)NC(=O)[C@@H](N)C2CC2)cc1. The van der Waals surface area contributed by atoms with Crippen LogP contribution in [0.4, 0.5) is 5.69 Å². The highest BCUT2D eigenvalue weighted by molar-refractivity contribution is 5.99. The van der Waals surface area contributed by atoms with Crippen molar-refractivity contribution in [3.8, 4) is 5.75 Å². The first-order valence-corrected chi connectivity index (χ1v) is 10.3. The second-order valence-electron chi connectivity index (χ2n) is 7.58. The molecule has 2 aromatic rings. The van der Waals surface area contributed by atoms with Crippen LogP contribution in [0.5, 0.6) is 5.75 Å². The lowest BCUT2D eigenvalue weighted by Gasteiger charge is -2.18. The number of benzene rings is 2. The molecule has 0 heterocycles. The summed E-state index contributed by atoms with van der Waals surface area (Å²) in [6, 6.07) is 16.4. The standard InChI is InChI=1S/C24H29N3O3/c1-30-21-14-11-19(12-15-21)26-22(28)16-13-20(10-7-17-5-3-2-4-6-17)27-24(29)23(25)18-8-9-18/h2-6,11-16,18,20,23H,7-10,25H2,1H3,(H,26,28)(H,27,29)/b16-13+/t20-,23-/m0/s1. The highest BCUT2D eigenvalue weighted by atomic mass is 16.5. The second-order valence-corrected chi connectivity index (χ2v) is 7.58. The van der Waals surface area contributed by atoms with Gasteiger partial charge in [-0.15, -0.1) is 0 Å². The van der Waals surface area contributed by atoms with Gasteiger partial charge in [-0.25, -0.2) is 0 Å². The summed E-state index contributed by atoms with van der Waals surface area (Å²) in [5.41, 5.74) is 7.89. The van der Waals surface area contributed by atoms with Gasteiger partial charge in [-0.1, -0.05) is 36.4 Å². The van der Waals surface area contributed by atoms with Crippen LogP contribution in [-0.2, 0) is 16.0 Å². The fraction of sp³-hybridized carbons (Fsp3) is 0.333. The van der Waals surface area contributed by atoms with Crippen LogP contribution in [-0.4, -0.2) is 31.0 Å². The van der Waals surface area contributed by atoms with E-state index < -0.39 is 6.04 Å². The molecule has 6 nitrogen and oxygen atoms in total. The molecular weight excluding hydrogens is 378 g/mol. The maximum atomic E-state index is 12.5. The molecule has 1 aliphatic carbocycles. The van der Waals surface area contributed by atoms with Gasteiger partial charge in [0.2, 0.25) is 11.8 Å². The number of aryl methyl sites for hydroxylation is 1. The second kappa shape index (κ2) is 10.6. The number of hydrogen-bond acceptors (Lipinski definition) is 4. The molecule has 2 atom stereocenters. The summed E-state index contributed by atoms with van der Waals surface area (Å²) in [5.74, 6) is 0.586. The molecule has 4 N–H and O–H groups in total. The van der Waals surface area contributed by atoms with E-state index in [4.69, 9.17) is 10.5 Å². The average Bonchev–Trinajstić information content (AvgIpc) is 3.61. The van der Waals surface area contributed by atoms with Crippen molar-refractivity contribution in [1.82, 2.24) is 5.32 Å². The molecule has 1 aliphatic rings. The zero-order chi connectivity index (χ0) is 21.3. The summed E-state index contributed by atoms with van der Waals surface area (Å²) < 4.78 is 5.12. The van der Waals surface area contributed by atoms with Crippen molar-refractivity contribution in [3.05, 3.63) is 72.3 Å². The van der Waals surface area contributed by atoms with Crippen molar-refractivity contribution < 1.29 is 14.3 Å². The van der Waals surface area contributed by atoms with Gasteiger partial charge in [0.25, 0.3) is 0 Å². The van der Waals surface area contributed by atoms with Gasteiger partial charge in [-0.05, 0) is 61.4 Å². The lowest BCUT2D eigenvalue weighted by molar-refractivity contribution is -0.123. The Bertz CT molecular complexity index is 861. The Kier molecular flexibility index (Phi) is 7.63. The zero-order valence-electron chi connectivity index (χ0n) is 17.2. The van der Waals surface area contributed by atoms with E-state index in [-0.39, 0.29) is 23.8 Å². The van der Waals surface area contributed by atoms with E-state index in [0.29, 0.717) is 12.1 Å². The Morgan fingerprint density at radius 1 is 1.13 bits per heavy atom. The number of nitrogens with one attached hydrogen (secondary N) is 2. The van der Waals surface area contributed by atoms with Gasteiger partial charge in [0, 0.05) is 17.8 Å². The normalized spacial score (nSPS) is 15.4. The third kappa shape index (κ3) is 6.74. The predicted molar refractivity (Wildman–Crippen MR) is 118 cm³/mol. The topological polar surface area (TPSA) is 93.5 Å². The molecule has 0 aliphatic heterocycles. The molecule has 2 aromatic carbocycles. The minimum atomic E-state index is -0.481. The molecule has 30 heavy (non-hydrogen) atoms. The number of rotatable bonds is 10. The summed E-state index contributed by atoms with van der Waals surface area (Å²) in [7, 11) is 1.59. The number of carbonyl (C=O) groups excluding carboxylic acids is 2. The van der Waals surface area contributed by atoms with Gasteiger partial charge in [-0.2, -0.15) is 0 Å². The maximum absolute atomic E-state index is 12.5. The van der Waals surface area contributed by atoms with Crippen molar-refractivity contribution >= 4 is 17.5 Å². The summed E-state index contributed by atoms with van der Waals surface area (Å²) in [6.45, 7) is 0. The van der Waals surface area contributed by atoms with E-state index in [1.165, 1.54) is 11.6 Å². The average molecular weight is 408 g/mol. The molecule has 3 rings (SSSR count). The van der Waals surface area contributed by atoms with Gasteiger partial charge in [-0.3, -0.25) is 9.59 Å². The van der Waals surface area contributed by atoms with Crippen LogP contribution in [0.2, 0.25) is 0 Å². The Balaban J connectivity index is 1.60. The van der Waals surface area contributed by atoms with Crippen molar-refractivity contribution in [3.63, 3.8) is 0 Å². The molecule has 1 saturated carbocycles. The predicted octanol–water partition coefficient (Wildman–Crippen LogP) is 3.04. The quantitative estimate of drug-likeness (QED) is 0.528. The molecule has 0 radical (unpaired) electrons. The van der Waals surface area contributed by atoms with Crippen LogP contribution in [0.25, 0.3) is 0 Å². The number of ether oxygens (including phenoxy) is 1. The lowest BCUT2D eigenvalue weighted by atomic mass is 10.0. The Morgan fingerprint density at radius 3 is 2.47 bits per heavy atom. The number of methoxy groups -OCH3 is 1. The van der Waals surface area contributed by atoms with Gasteiger partial charge in [0.15, 0.2) is 0 Å². The Hall–Kier alpha value is -3.12. The molecule has 0 unspecified atom stereocenters. The number of anilines is 1. The van der Waals surface area contributed by atoms with E-state index >= 15 is 0 Å². The van der Waals surface area contributed by atoms with Crippen molar-refractivity contribution in [1.29, 1.82) is 0 Å².